The van der Waals surface area contributed by atoms with Crippen molar-refractivity contribution in [3.05, 3.63) is 215 Å². The summed E-state index contributed by atoms with van der Waals surface area (Å²) < 4.78 is 89.4. The van der Waals surface area contributed by atoms with E-state index in [2.05, 4.69) is 10.6 Å². The maximum atomic E-state index is 15.2. The molecule has 0 aromatic heterocycles. The molecule has 0 unspecified atom stereocenters. The van der Waals surface area contributed by atoms with Gasteiger partial charge in [0.15, 0.2) is 31.3 Å². The lowest BCUT2D eigenvalue weighted by Gasteiger charge is -2.52. The lowest BCUT2D eigenvalue weighted by Crippen LogP contribution is -2.70. The largest absolute Gasteiger partial charge is 0.368 e. The standard InChI is InChI=1S/C63H68N2O15/c1-40-50(69-34-41-21-9-3-10-22-41)55-58(73-38-45-29-17-7-18-30-45)62(75-40)78-52-49(61(68-2)76-47-39-74-60(77-51(47)52)46-31-19-8-20-32-46)65-48(66)33-64-59(67)56-53(70-35-42-23-11-4-12-24-42)54(71-36-43-25-13-5-14-26-43)57(63(79-55)80-56)72-37-44-27-15-6-16-28-44/h3-32,40,47,49-58,60-63H,33-39H2,1-2H3,(H,64,67)(H,65,66)/t40-,47+,49+,50-,51+,52+,53+,54+,55+,56+,57+,58+,60+,61+,62-,63+/m0/s1. The quantitative estimate of drug-likeness (QED) is 0.0933. The predicted octanol–water partition coefficient (Wildman–Crippen LogP) is 7.25. The van der Waals surface area contributed by atoms with Crippen LogP contribution in [-0.4, -0.2) is 124 Å². The van der Waals surface area contributed by atoms with Crippen LogP contribution < -0.4 is 10.6 Å². The normalized spacial score (nSPS) is 31.7. The fraction of sp³-hybridized carbons (Fsp3) is 0.397. The van der Waals surface area contributed by atoms with Gasteiger partial charge in [-0.1, -0.05) is 182 Å². The lowest BCUT2D eigenvalue weighted by molar-refractivity contribution is -0.393. The van der Waals surface area contributed by atoms with Crippen molar-refractivity contribution in [2.45, 2.75) is 138 Å². The first kappa shape index (κ1) is 55.6. The smallest absolute Gasteiger partial charge is 0.252 e. The van der Waals surface area contributed by atoms with Crippen LogP contribution in [0, 0.1) is 0 Å². The number of carbonyl (C=O) groups excluding carboxylic acids is 2. The molecule has 16 atom stereocenters. The van der Waals surface area contributed by atoms with Crippen molar-refractivity contribution in [2.24, 2.45) is 0 Å². The third kappa shape index (κ3) is 13.6. The fourth-order valence-corrected chi connectivity index (χ4v) is 10.8. The Morgan fingerprint density at radius 3 is 1.44 bits per heavy atom. The van der Waals surface area contributed by atoms with E-state index in [9.17, 15) is 4.79 Å². The number of carbonyl (C=O) groups is 2. The van der Waals surface area contributed by atoms with E-state index in [-0.39, 0.29) is 39.6 Å². The van der Waals surface area contributed by atoms with Crippen LogP contribution in [0.5, 0.6) is 0 Å². The van der Waals surface area contributed by atoms with Gasteiger partial charge in [-0.3, -0.25) is 9.59 Å². The van der Waals surface area contributed by atoms with Crippen molar-refractivity contribution in [3.63, 3.8) is 0 Å². The molecular formula is C63H68N2O15. The van der Waals surface area contributed by atoms with E-state index in [0.717, 1.165) is 33.4 Å². The van der Waals surface area contributed by atoms with Crippen LogP contribution in [0.3, 0.4) is 0 Å². The van der Waals surface area contributed by atoms with Crippen LogP contribution in [0.25, 0.3) is 0 Å². The maximum Gasteiger partial charge on any atom is 0.252 e. The second-order valence-corrected chi connectivity index (χ2v) is 20.4. The molecule has 420 valence electrons. The summed E-state index contributed by atoms with van der Waals surface area (Å²) in [5, 5.41) is 5.94. The molecule has 5 fully saturated rings. The van der Waals surface area contributed by atoms with Crippen LogP contribution in [-0.2, 0) is 104 Å². The molecule has 17 heteroatoms. The summed E-state index contributed by atoms with van der Waals surface area (Å²) in [6.45, 7) is 2.01. The molecule has 5 heterocycles. The molecule has 2 amide bonds. The number of methoxy groups -OCH3 is 1. The summed E-state index contributed by atoms with van der Waals surface area (Å²) in [4.78, 5) is 29.7. The highest BCUT2D eigenvalue weighted by Gasteiger charge is 2.58. The molecular weight excluding hydrogens is 1020 g/mol. The average molecular weight is 1090 g/mol. The number of benzene rings is 6. The van der Waals surface area contributed by atoms with Crippen molar-refractivity contribution in [2.75, 3.05) is 20.3 Å². The molecule has 6 aromatic rings. The van der Waals surface area contributed by atoms with Gasteiger partial charge in [0.2, 0.25) is 5.91 Å². The minimum atomic E-state index is -1.44. The number of rotatable bonds is 17. The number of fused-ring (bicyclic) bond motifs is 7. The molecule has 0 radical (unpaired) electrons. The Balaban J connectivity index is 1.04. The molecule has 5 aliphatic heterocycles. The number of hydrogen-bond donors (Lipinski definition) is 2. The van der Waals surface area contributed by atoms with E-state index in [0.29, 0.717) is 0 Å². The minimum absolute atomic E-state index is 0.0738. The van der Waals surface area contributed by atoms with Gasteiger partial charge >= 0.3 is 0 Å². The summed E-state index contributed by atoms with van der Waals surface area (Å²) >= 11 is 0. The van der Waals surface area contributed by atoms with E-state index in [1.807, 2.05) is 189 Å². The van der Waals surface area contributed by atoms with E-state index < -0.39 is 117 Å². The van der Waals surface area contributed by atoms with E-state index in [1.165, 1.54) is 7.11 Å². The zero-order valence-electron chi connectivity index (χ0n) is 44.6. The molecule has 0 saturated carbocycles. The van der Waals surface area contributed by atoms with Gasteiger partial charge in [0.1, 0.15) is 61.0 Å². The Bertz CT molecular complexity index is 2850. The molecule has 11 rings (SSSR count). The monoisotopic (exact) mass is 1090 g/mol. The van der Waals surface area contributed by atoms with Crippen LogP contribution in [0.2, 0.25) is 0 Å². The summed E-state index contributed by atoms with van der Waals surface area (Å²) in [6, 6.07) is 57.0. The Hall–Kier alpha value is -6.26. The first-order chi connectivity index (χ1) is 39.3. The van der Waals surface area contributed by atoms with Gasteiger partial charge in [-0.2, -0.15) is 0 Å². The summed E-state index contributed by atoms with van der Waals surface area (Å²) in [7, 11) is 1.48. The number of ether oxygens (including phenoxy) is 13. The van der Waals surface area contributed by atoms with Crippen LogP contribution in [0.15, 0.2) is 182 Å². The summed E-state index contributed by atoms with van der Waals surface area (Å²) in [5.74, 6) is -1.26. The van der Waals surface area contributed by atoms with Crippen molar-refractivity contribution < 1.29 is 71.2 Å². The Labute approximate surface area is 465 Å². The SMILES string of the molecule is CO[C@@H]1O[C@@H]2CO[C@@H](c3ccccc3)O[C@H]2[C@@H]2O[C@@H]3O[C@@H](C)[C@H](OCc4ccccc4)[C@@H](O[C@@H]4O[C@@H](C(=O)NCC(=O)N[C@@H]12)[C@H](OCc1ccccc1)[C@@H](OCc1ccccc1)[C@H]4OCc1ccccc1)[C@H]3OCc1ccccc1. The topological polar surface area (TPSA) is 178 Å². The Kier molecular flexibility index (Phi) is 18.8. The Morgan fingerprint density at radius 2 is 0.912 bits per heavy atom. The zero-order chi connectivity index (χ0) is 54.6. The second-order valence-electron chi connectivity index (χ2n) is 20.4. The molecule has 5 aliphatic rings. The molecule has 4 bridgehead atoms. The predicted molar refractivity (Wildman–Crippen MR) is 288 cm³/mol. The third-order valence-electron chi connectivity index (χ3n) is 14.9. The lowest BCUT2D eigenvalue weighted by atomic mass is 9.94. The van der Waals surface area contributed by atoms with Gasteiger partial charge in [0.05, 0.1) is 52.3 Å². The zero-order valence-corrected chi connectivity index (χ0v) is 44.6. The highest BCUT2D eigenvalue weighted by atomic mass is 16.8. The maximum absolute atomic E-state index is 15.2. The van der Waals surface area contributed by atoms with Gasteiger partial charge in [-0.15, -0.1) is 0 Å². The van der Waals surface area contributed by atoms with Gasteiger partial charge in [-0.05, 0) is 34.7 Å². The fourth-order valence-electron chi connectivity index (χ4n) is 10.8. The van der Waals surface area contributed by atoms with Gasteiger partial charge in [0, 0.05) is 12.7 Å². The molecule has 0 spiro atoms. The molecule has 2 N–H and O–H groups in total. The minimum Gasteiger partial charge on any atom is -0.368 e. The first-order valence-electron chi connectivity index (χ1n) is 27.3. The second kappa shape index (κ2) is 27.0. The molecule has 5 saturated heterocycles. The number of hydrogen-bond acceptors (Lipinski definition) is 15. The van der Waals surface area contributed by atoms with Crippen molar-refractivity contribution >= 4 is 11.8 Å². The highest BCUT2D eigenvalue weighted by molar-refractivity contribution is 5.87. The number of amides is 2. The van der Waals surface area contributed by atoms with Gasteiger partial charge in [-0.25, -0.2) is 0 Å². The highest BCUT2D eigenvalue weighted by Crippen LogP contribution is 2.41. The van der Waals surface area contributed by atoms with Crippen molar-refractivity contribution in [3.8, 4) is 0 Å². The molecule has 6 aromatic carbocycles. The summed E-state index contributed by atoms with van der Waals surface area (Å²) in [6.07, 6.45) is -15.8. The van der Waals surface area contributed by atoms with Crippen molar-refractivity contribution in [1.29, 1.82) is 0 Å². The third-order valence-corrected chi connectivity index (χ3v) is 14.9. The molecule has 0 aliphatic carbocycles. The van der Waals surface area contributed by atoms with Crippen LogP contribution >= 0.6 is 0 Å². The van der Waals surface area contributed by atoms with Gasteiger partial charge in [0.25, 0.3) is 5.91 Å². The van der Waals surface area contributed by atoms with Crippen LogP contribution in [0.4, 0.5) is 0 Å². The van der Waals surface area contributed by atoms with E-state index in [4.69, 9.17) is 61.6 Å². The molecule has 17 nitrogen and oxygen atoms in total. The Morgan fingerprint density at radius 1 is 0.463 bits per heavy atom. The van der Waals surface area contributed by atoms with E-state index >= 15 is 4.79 Å². The first-order valence-corrected chi connectivity index (χ1v) is 27.3. The van der Waals surface area contributed by atoms with Gasteiger partial charge < -0.3 is 72.2 Å². The van der Waals surface area contributed by atoms with E-state index in [1.54, 1.807) is 0 Å². The summed E-state index contributed by atoms with van der Waals surface area (Å²) in [5.41, 5.74) is 5.10. The van der Waals surface area contributed by atoms with Crippen molar-refractivity contribution in [1.82, 2.24) is 10.6 Å². The van der Waals surface area contributed by atoms with Crippen LogP contribution in [0.1, 0.15) is 46.6 Å². The average Bonchev–Trinajstić information content (AvgIpc) is 3.53. The molecule has 80 heavy (non-hydrogen) atoms. The number of nitrogens with one attached hydrogen (secondary N) is 2.